The number of carbonyl (C=O) groups is 1. The summed E-state index contributed by atoms with van der Waals surface area (Å²) in [4.78, 5) is 20.0. The third-order valence-electron chi connectivity index (χ3n) is 6.55. The Morgan fingerprint density at radius 2 is 1.84 bits per heavy atom. The average Bonchev–Trinajstić information content (AvgIpc) is 3.39. The zero-order valence-electron chi connectivity index (χ0n) is 21.3. The van der Waals surface area contributed by atoms with E-state index in [1.54, 1.807) is 25.3 Å². The van der Waals surface area contributed by atoms with E-state index in [0.29, 0.717) is 59.1 Å². The molecule has 0 radical (unpaired) electrons. The summed E-state index contributed by atoms with van der Waals surface area (Å²) in [5.74, 6) is 2.61. The lowest BCUT2D eigenvalue weighted by molar-refractivity contribution is -0.121. The zero-order chi connectivity index (χ0) is 26.5. The second-order valence-corrected chi connectivity index (χ2v) is 9.75. The summed E-state index contributed by atoms with van der Waals surface area (Å²) in [6.45, 7) is 4.09. The van der Waals surface area contributed by atoms with Gasteiger partial charge in [-0.2, -0.15) is 4.98 Å². The average molecular weight is 533 g/mol. The predicted octanol–water partition coefficient (Wildman–Crippen LogP) is 6.35. The summed E-state index contributed by atoms with van der Waals surface area (Å²) in [5.41, 5.74) is 2.60. The molecule has 0 atom stereocenters. The normalized spacial score (nSPS) is 14.3. The molecule has 1 aromatic heterocycles. The number of anilines is 1. The zero-order valence-corrected chi connectivity index (χ0v) is 22.1. The van der Waals surface area contributed by atoms with Gasteiger partial charge in [-0.3, -0.25) is 9.69 Å². The summed E-state index contributed by atoms with van der Waals surface area (Å²) < 4.78 is 16.9. The molecule has 1 amide bonds. The van der Waals surface area contributed by atoms with Crippen molar-refractivity contribution in [1.29, 1.82) is 0 Å². The number of piperidine rings is 1. The van der Waals surface area contributed by atoms with Gasteiger partial charge in [0.15, 0.2) is 17.2 Å². The van der Waals surface area contributed by atoms with Crippen LogP contribution in [0.1, 0.15) is 24.3 Å². The van der Waals surface area contributed by atoms with E-state index in [0.717, 1.165) is 24.2 Å². The smallest absolute Gasteiger partial charge is 0.241 e. The Labute approximate surface area is 226 Å². The summed E-state index contributed by atoms with van der Waals surface area (Å²) in [6, 6.07) is 20.5. The Kier molecular flexibility index (Phi) is 7.91. The maximum atomic E-state index is 13.2. The molecule has 0 unspecified atom stereocenters. The quantitative estimate of drug-likeness (QED) is 0.283. The highest BCUT2D eigenvalue weighted by Crippen LogP contribution is 2.37. The molecular weight excluding hydrogens is 504 g/mol. The van der Waals surface area contributed by atoms with E-state index >= 15 is 0 Å². The number of hydrogen-bond acceptors (Lipinski definition) is 7. The van der Waals surface area contributed by atoms with Gasteiger partial charge in [0.1, 0.15) is 0 Å². The van der Waals surface area contributed by atoms with E-state index in [2.05, 4.69) is 20.4 Å². The number of halogens is 1. The number of amides is 1. The molecule has 38 heavy (non-hydrogen) atoms. The number of likely N-dealkylation sites (tertiary alicyclic amines) is 1. The van der Waals surface area contributed by atoms with Crippen LogP contribution in [0.2, 0.25) is 5.02 Å². The summed E-state index contributed by atoms with van der Waals surface area (Å²) in [7, 11) is 1.58. The Balaban J connectivity index is 1.18. The minimum Gasteiger partial charge on any atom is -0.493 e. The van der Waals surface area contributed by atoms with Crippen molar-refractivity contribution in [3.05, 3.63) is 83.2 Å². The monoisotopic (exact) mass is 532 g/mol. The first kappa shape index (κ1) is 25.8. The molecule has 1 aliphatic rings. The van der Waals surface area contributed by atoms with Crippen molar-refractivity contribution in [2.24, 2.45) is 5.92 Å². The minimum absolute atomic E-state index is 0.0590. The number of carbonyl (C=O) groups excluding carboxylic acids is 1. The number of rotatable bonds is 8. The van der Waals surface area contributed by atoms with E-state index < -0.39 is 0 Å². The molecule has 1 N–H and O–H groups in total. The number of hydrogen-bond donors (Lipinski definition) is 1. The second-order valence-electron chi connectivity index (χ2n) is 9.31. The van der Waals surface area contributed by atoms with Crippen molar-refractivity contribution >= 4 is 23.2 Å². The molecular formula is C29H29ClN4O4. The molecule has 2 heterocycles. The number of nitrogens with zero attached hydrogens (tertiary/aromatic N) is 3. The third-order valence-corrected chi connectivity index (χ3v) is 6.79. The first-order valence-corrected chi connectivity index (χ1v) is 12.9. The van der Waals surface area contributed by atoms with Crippen molar-refractivity contribution in [3.63, 3.8) is 0 Å². The van der Waals surface area contributed by atoms with Crippen LogP contribution in [0.3, 0.4) is 0 Å². The fraction of sp³-hybridized carbons (Fsp3) is 0.276. The Morgan fingerprint density at radius 1 is 1.05 bits per heavy atom. The fourth-order valence-electron chi connectivity index (χ4n) is 4.51. The van der Waals surface area contributed by atoms with Gasteiger partial charge >= 0.3 is 0 Å². The highest BCUT2D eigenvalue weighted by Gasteiger charge is 2.27. The standard InChI is InChI=1S/C29H29ClN4O4/c1-19-6-5-7-21(16-19)28-32-27(38-33-28)18-34-14-12-20(13-15-34)29(35)31-23-17-22(30)10-11-24(23)37-26-9-4-3-8-25(26)36-2/h3-11,16-17,20H,12-15,18H2,1-2H3,(H,31,35). The van der Waals surface area contributed by atoms with E-state index in [4.69, 9.17) is 25.6 Å². The molecule has 3 aromatic carbocycles. The molecule has 9 heteroatoms. The highest BCUT2D eigenvalue weighted by molar-refractivity contribution is 6.31. The van der Waals surface area contributed by atoms with Crippen LogP contribution < -0.4 is 14.8 Å². The van der Waals surface area contributed by atoms with Crippen LogP contribution in [0.5, 0.6) is 17.2 Å². The van der Waals surface area contributed by atoms with Gasteiger partial charge in [0.2, 0.25) is 17.6 Å². The van der Waals surface area contributed by atoms with Gasteiger partial charge in [0.25, 0.3) is 0 Å². The summed E-state index contributed by atoms with van der Waals surface area (Å²) >= 11 is 6.23. The van der Waals surface area contributed by atoms with Gasteiger partial charge < -0.3 is 19.3 Å². The number of benzene rings is 3. The topological polar surface area (TPSA) is 89.7 Å². The number of ether oxygens (including phenoxy) is 2. The van der Waals surface area contributed by atoms with Gasteiger partial charge in [-0.1, -0.05) is 52.7 Å². The van der Waals surface area contributed by atoms with Crippen LogP contribution in [0.4, 0.5) is 5.69 Å². The maximum absolute atomic E-state index is 13.2. The molecule has 5 rings (SSSR count). The number of aryl methyl sites for hydroxylation is 1. The number of para-hydroxylation sites is 2. The Morgan fingerprint density at radius 3 is 2.61 bits per heavy atom. The maximum Gasteiger partial charge on any atom is 0.241 e. The van der Waals surface area contributed by atoms with Crippen LogP contribution in [0.15, 0.2) is 71.3 Å². The molecule has 196 valence electrons. The van der Waals surface area contributed by atoms with Crippen molar-refractivity contribution in [2.75, 3.05) is 25.5 Å². The van der Waals surface area contributed by atoms with E-state index in [9.17, 15) is 4.79 Å². The summed E-state index contributed by atoms with van der Waals surface area (Å²) in [5, 5.41) is 7.66. The lowest BCUT2D eigenvalue weighted by Gasteiger charge is -2.30. The SMILES string of the molecule is COc1ccccc1Oc1ccc(Cl)cc1NC(=O)C1CCN(Cc2nc(-c3cccc(C)c3)no2)CC1. The predicted molar refractivity (Wildman–Crippen MR) is 146 cm³/mol. The first-order chi connectivity index (χ1) is 18.5. The molecule has 8 nitrogen and oxygen atoms in total. The first-order valence-electron chi connectivity index (χ1n) is 12.5. The highest BCUT2D eigenvalue weighted by atomic mass is 35.5. The Hall–Kier alpha value is -3.88. The van der Waals surface area contributed by atoms with Crippen molar-refractivity contribution < 1.29 is 18.8 Å². The minimum atomic E-state index is -0.130. The van der Waals surface area contributed by atoms with Crippen LogP contribution in [-0.4, -0.2) is 41.1 Å². The molecule has 0 saturated carbocycles. The van der Waals surface area contributed by atoms with Gasteiger partial charge in [-0.15, -0.1) is 0 Å². The fourth-order valence-corrected chi connectivity index (χ4v) is 4.68. The van der Waals surface area contributed by atoms with E-state index in [1.165, 1.54) is 0 Å². The van der Waals surface area contributed by atoms with E-state index in [1.807, 2.05) is 55.5 Å². The van der Waals surface area contributed by atoms with Crippen LogP contribution in [-0.2, 0) is 11.3 Å². The van der Waals surface area contributed by atoms with Crippen molar-refractivity contribution in [1.82, 2.24) is 15.0 Å². The number of methoxy groups -OCH3 is 1. The van der Waals surface area contributed by atoms with Crippen molar-refractivity contribution in [2.45, 2.75) is 26.3 Å². The van der Waals surface area contributed by atoms with Gasteiger partial charge in [-0.05, 0) is 69.3 Å². The second kappa shape index (κ2) is 11.7. The lowest BCUT2D eigenvalue weighted by Crippen LogP contribution is -2.37. The summed E-state index contributed by atoms with van der Waals surface area (Å²) in [6.07, 6.45) is 1.43. The van der Waals surface area contributed by atoms with Crippen molar-refractivity contribution in [3.8, 4) is 28.6 Å². The van der Waals surface area contributed by atoms with Gasteiger partial charge in [0.05, 0.1) is 19.3 Å². The lowest BCUT2D eigenvalue weighted by atomic mass is 9.96. The molecule has 0 spiro atoms. The molecule has 1 aliphatic heterocycles. The molecule has 1 saturated heterocycles. The van der Waals surface area contributed by atoms with Gasteiger partial charge in [-0.25, -0.2) is 0 Å². The van der Waals surface area contributed by atoms with Crippen LogP contribution in [0, 0.1) is 12.8 Å². The van der Waals surface area contributed by atoms with Gasteiger partial charge in [0, 0.05) is 16.5 Å². The van der Waals surface area contributed by atoms with Crippen LogP contribution in [0.25, 0.3) is 11.4 Å². The number of aromatic nitrogens is 2. The largest absolute Gasteiger partial charge is 0.493 e. The third kappa shape index (κ3) is 6.15. The Bertz CT molecular complexity index is 1420. The van der Waals surface area contributed by atoms with Crippen LogP contribution >= 0.6 is 11.6 Å². The van der Waals surface area contributed by atoms with E-state index in [-0.39, 0.29) is 11.8 Å². The molecule has 4 aromatic rings. The molecule has 0 bridgehead atoms. The number of nitrogens with one attached hydrogen (secondary N) is 1. The molecule has 0 aliphatic carbocycles. The molecule has 1 fully saturated rings.